The monoisotopic (exact) mass is 241 g/mol. The van der Waals surface area contributed by atoms with Gasteiger partial charge in [-0.3, -0.25) is 0 Å². The average Bonchev–Trinajstić information content (AvgIpc) is 2.33. The highest BCUT2D eigenvalue weighted by Gasteiger charge is 2.10. The molecule has 1 atom stereocenters. The van der Waals surface area contributed by atoms with Crippen LogP contribution in [0.4, 0.5) is 4.39 Å². The van der Waals surface area contributed by atoms with E-state index in [2.05, 4.69) is 5.32 Å². The number of methoxy groups -OCH3 is 2. The molecule has 1 aromatic rings. The molecule has 0 radical (unpaired) electrons. The highest BCUT2D eigenvalue weighted by molar-refractivity contribution is 5.18. The van der Waals surface area contributed by atoms with Crippen molar-refractivity contribution in [2.24, 2.45) is 0 Å². The molecule has 0 amide bonds. The van der Waals surface area contributed by atoms with Crippen LogP contribution in [0.5, 0.6) is 0 Å². The molecule has 0 aromatic heterocycles. The number of rotatable bonds is 7. The van der Waals surface area contributed by atoms with Gasteiger partial charge in [0.05, 0.1) is 0 Å². The van der Waals surface area contributed by atoms with Crippen LogP contribution in [0.3, 0.4) is 0 Å². The maximum Gasteiger partial charge on any atom is 0.169 e. The van der Waals surface area contributed by atoms with Crippen molar-refractivity contribution in [3.8, 4) is 0 Å². The van der Waals surface area contributed by atoms with Crippen molar-refractivity contribution < 1.29 is 13.9 Å². The van der Waals surface area contributed by atoms with Crippen molar-refractivity contribution in [3.63, 3.8) is 0 Å². The lowest BCUT2D eigenvalue weighted by atomic mass is 10.1. The van der Waals surface area contributed by atoms with Crippen molar-refractivity contribution in [3.05, 3.63) is 35.6 Å². The average molecular weight is 241 g/mol. The first-order chi connectivity index (χ1) is 8.17. The summed E-state index contributed by atoms with van der Waals surface area (Å²) >= 11 is 0. The predicted octanol–water partition coefficient (Wildman–Crippen LogP) is 1.97. The van der Waals surface area contributed by atoms with Crippen LogP contribution in [-0.2, 0) is 15.9 Å². The lowest BCUT2D eigenvalue weighted by Crippen LogP contribution is -2.36. The smallest absolute Gasteiger partial charge is 0.169 e. The van der Waals surface area contributed by atoms with Crippen LogP contribution >= 0.6 is 0 Å². The van der Waals surface area contributed by atoms with Crippen molar-refractivity contribution in [1.82, 2.24) is 5.32 Å². The number of ether oxygens (including phenoxy) is 2. The molecule has 0 heterocycles. The fourth-order valence-corrected chi connectivity index (χ4v) is 1.63. The molecule has 96 valence electrons. The van der Waals surface area contributed by atoms with Gasteiger partial charge in [-0.1, -0.05) is 18.2 Å². The standard InChI is InChI=1S/C13H20FNO2/c1-10(15-9-13(16-2)17-3)8-11-6-4-5-7-12(11)14/h4-7,10,13,15H,8-9H2,1-3H3. The summed E-state index contributed by atoms with van der Waals surface area (Å²) < 4.78 is 23.5. The first-order valence-electron chi connectivity index (χ1n) is 5.69. The molecular weight excluding hydrogens is 221 g/mol. The summed E-state index contributed by atoms with van der Waals surface area (Å²) in [5.41, 5.74) is 0.721. The molecule has 0 fully saturated rings. The van der Waals surface area contributed by atoms with E-state index in [1.165, 1.54) is 6.07 Å². The van der Waals surface area contributed by atoms with Crippen LogP contribution in [0.15, 0.2) is 24.3 Å². The lowest BCUT2D eigenvalue weighted by molar-refractivity contribution is -0.0996. The van der Waals surface area contributed by atoms with E-state index in [0.29, 0.717) is 13.0 Å². The highest BCUT2D eigenvalue weighted by atomic mass is 19.1. The number of nitrogens with one attached hydrogen (secondary N) is 1. The van der Waals surface area contributed by atoms with Crippen LogP contribution in [0.25, 0.3) is 0 Å². The second kappa shape index (κ2) is 7.37. The third-order valence-corrected chi connectivity index (χ3v) is 2.64. The molecule has 17 heavy (non-hydrogen) atoms. The van der Waals surface area contributed by atoms with Gasteiger partial charge >= 0.3 is 0 Å². The van der Waals surface area contributed by atoms with Crippen LogP contribution in [0.2, 0.25) is 0 Å². The van der Waals surface area contributed by atoms with Gasteiger partial charge in [-0.05, 0) is 25.0 Å². The quantitative estimate of drug-likeness (QED) is 0.740. The van der Waals surface area contributed by atoms with E-state index in [1.807, 2.05) is 13.0 Å². The summed E-state index contributed by atoms with van der Waals surface area (Å²) in [5.74, 6) is -0.156. The summed E-state index contributed by atoms with van der Waals surface area (Å²) in [4.78, 5) is 0. The summed E-state index contributed by atoms with van der Waals surface area (Å²) in [6.45, 7) is 2.59. The van der Waals surface area contributed by atoms with E-state index >= 15 is 0 Å². The Kier molecular flexibility index (Phi) is 6.11. The van der Waals surface area contributed by atoms with E-state index < -0.39 is 0 Å². The molecule has 0 spiro atoms. The molecule has 1 unspecified atom stereocenters. The van der Waals surface area contributed by atoms with Gasteiger partial charge in [-0.15, -0.1) is 0 Å². The molecule has 0 saturated heterocycles. The Morgan fingerprint density at radius 2 is 1.88 bits per heavy atom. The van der Waals surface area contributed by atoms with Crippen LogP contribution in [0, 0.1) is 5.82 Å². The zero-order valence-corrected chi connectivity index (χ0v) is 10.6. The summed E-state index contributed by atoms with van der Waals surface area (Å²) in [6, 6.07) is 6.99. The SMILES string of the molecule is COC(CNC(C)Cc1ccccc1F)OC. The van der Waals surface area contributed by atoms with Gasteiger partial charge in [-0.2, -0.15) is 0 Å². The Hall–Kier alpha value is -0.970. The Labute approximate surface area is 102 Å². The Morgan fingerprint density at radius 3 is 2.47 bits per heavy atom. The highest BCUT2D eigenvalue weighted by Crippen LogP contribution is 2.08. The van der Waals surface area contributed by atoms with E-state index in [9.17, 15) is 4.39 Å². The van der Waals surface area contributed by atoms with Crippen molar-refractivity contribution in [2.75, 3.05) is 20.8 Å². The summed E-state index contributed by atoms with van der Waals surface area (Å²) in [7, 11) is 3.19. The molecule has 0 aliphatic rings. The normalized spacial score (nSPS) is 13.0. The van der Waals surface area contributed by atoms with Crippen LogP contribution in [0.1, 0.15) is 12.5 Å². The molecule has 0 aliphatic carbocycles. The van der Waals surface area contributed by atoms with Crippen molar-refractivity contribution in [2.45, 2.75) is 25.7 Å². The lowest BCUT2D eigenvalue weighted by Gasteiger charge is -2.18. The number of benzene rings is 1. The molecule has 4 heteroatoms. The Bertz CT molecular complexity index is 329. The zero-order valence-electron chi connectivity index (χ0n) is 10.6. The van der Waals surface area contributed by atoms with Gasteiger partial charge in [0.25, 0.3) is 0 Å². The van der Waals surface area contributed by atoms with Crippen molar-refractivity contribution in [1.29, 1.82) is 0 Å². The number of halogens is 1. The molecule has 1 aromatic carbocycles. The van der Waals surface area contributed by atoms with E-state index in [-0.39, 0.29) is 18.1 Å². The fraction of sp³-hybridized carbons (Fsp3) is 0.538. The molecular formula is C13H20FNO2. The Balaban J connectivity index is 2.39. The largest absolute Gasteiger partial charge is 0.355 e. The Morgan fingerprint density at radius 1 is 1.24 bits per heavy atom. The molecule has 0 saturated carbocycles. The molecule has 3 nitrogen and oxygen atoms in total. The first kappa shape index (κ1) is 14.1. The minimum Gasteiger partial charge on any atom is -0.355 e. The molecule has 0 bridgehead atoms. The first-order valence-corrected chi connectivity index (χ1v) is 5.69. The third-order valence-electron chi connectivity index (χ3n) is 2.64. The minimum atomic E-state index is -0.266. The maximum absolute atomic E-state index is 13.4. The predicted molar refractivity (Wildman–Crippen MR) is 65.4 cm³/mol. The molecule has 1 rings (SSSR count). The second-order valence-electron chi connectivity index (χ2n) is 4.01. The van der Waals surface area contributed by atoms with E-state index in [1.54, 1.807) is 26.4 Å². The third kappa shape index (κ3) is 4.81. The van der Waals surface area contributed by atoms with E-state index in [4.69, 9.17) is 9.47 Å². The van der Waals surface area contributed by atoms with Crippen molar-refractivity contribution >= 4 is 0 Å². The number of hydrogen-bond acceptors (Lipinski definition) is 3. The van der Waals surface area contributed by atoms with Gasteiger partial charge in [0.1, 0.15) is 5.82 Å². The van der Waals surface area contributed by atoms with Gasteiger partial charge in [-0.25, -0.2) is 4.39 Å². The van der Waals surface area contributed by atoms with E-state index in [0.717, 1.165) is 5.56 Å². The van der Waals surface area contributed by atoms with Crippen LogP contribution < -0.4 is 5.32 Å². The minimum absolute atomic E-state index is 0.156. The van der Waals surface area contributed by atoms with Gasteiger partial charge in [0.2, 0.25) is 0 Å². The summed E-state index contributed by atoms with van der Waals surface area (Å²) in [5, 5.41) is 3.24. The topological polar surface area (TPSA) is 30.5 Å². The maximum atomic E-state index is 13.4. The van der Waals surface area contributed by atoms with Crippen LogP contribution in [-0.4, -0.2) is 33.1 Å². The second-order valence-corrected chi connectivity index (χ2v) is 4.01. The zero-order chi connectivity index (χ0) is 12.7. The number of hydrogen-bond donors (Lipinski definition) is 1. The fourth-order valence-electron chi connectivity index (χ4n) is 1.63. The van der Waals surface area contributed by atoms with Gasteiger partial charge in [0, 0.05) is 26.8 Å². The summed E-state index contributed by atoms with van der Waals surface area (Å²) in [6.07, 6.45) is 0.380. The molecule has 0 aliphatic heterocycles. The molecule has 1 N–H and O–H groups in total. The van der Waals surface area contributed by atoms with Gasteiger partial charge in [0.15, 0.2) is 6.29 Å². The van der Waals surface area contributed by atoms with Gasteiger partial charge < -0.3 is 14.8 Å².